The number of thioether (sulfide) groups is 1. The van der Waals surface area contributed by atoms with E-state index < -0.39 is 0 Å². The Kier molecular flexibility index (Phi) is 6.82. The number of nitrogens with one attached hydrogen (secondary N) is 1. The predicted octanol–water partition coefficient (Wildman–Crippen LogP) is 4.10. The van der Waals surface area contributed by atoms with Gasteiger partial charge in [-0.25, -0.2) is 4.98 Å². The third kappa shape index (κ3) is 5.56. The molecule has 0 bridgehead atoms. The summed E-state index contributed by atoms with van der Waals surface area (Å²) in [5.41, 5.74) is 2.66. The van der Waals surface area contributed by atoms with Crippen LogP contribution in [0.4, 0.5) is 0 Å². The minimum absolute atomic E-state index is 0.120. The Hall–Kier alpha value is -2.86. The highest BCUT2D eigenvalue weighted by Gasteiger charge is 2.09. The predicted molar refractivity (Wildman–Crippen MR) is 107 cm³/mol. The van der Waals surface area contributed by atoms with Gasteiger partial charge < -0.3 is 10.1 Å². The first-order valence-corrected chi connectivity index (χ1v) is 9.71. The van der Waals surface area contributed by atoms with Crippen molar-refractivity contribution < 1.29 is 9.53 Å². The fraction of sp³-hybridized carbons (Fsp3) is 0.190. The molecule has 2 aromatic heterocycles. The van der Waals surface area contributed by atoms with Gasteiger partial charge in [0.05, 0.1) is 6.61 Å². The van der Waals surface area contributed by atoms with Crippen LogP contribution in [0.25, 0.3) is 0 Å². The zero-order valence-electron chi connectivity index (χ0n) is 15.1. The molecule has 0 aliphatic carbocycles. The van der Waals surface area contributed by atoms with E-state index >= 15 is 0 Å². The molecule has 0 spiro atoms. The van der Waals surface area contributed by atoms with Gasteiger partial charge in [0.2, 0.25) is 5.88 Å². The molecule has 3 rings (SSSR count). The van der Waals surface area contributed by atoms with Crippen LogP contribution in [-0.4, -0.2) is 22.5 Å². The first kappa shape index (κ1) is 18.9. The minimum Gasteiger partial charge on any atom is -0.478 e. The summed E-state index contributed by atoms with van der Waals surface area (Å²) in [7, 11) is 0. The van der Waals surface area contributed by atoms with Crippen LogP contribution >= 0.6 is 11.8 Å². The van der Waals surface area contributed by atoms with Gasteiger partial charge in [-0.2, -0.15) is 0 Å². The van der Waals surface area contributed by atoms with Crippen molar-refractivity contribution in [3.63, 3.8) is 0 Å². The van der Waals surface area contributed by atoms with Crippen LogP contribution in [0.5, 0.6) is 5.88 Å². The summed E-state index contributed by atoms with van der Waals surface area (Å²) < 4.78 is 5.48. The Morgan fingerprint density at radius 3 is 2.67 bits per heavy atom. The maximum Gasteiger partial charge on any atom is 0.251 e. The Balaban J connectivity index is 1.54. The van der Waals surface area contributed by atoms with Gasteiger partial charge in [-0.1, -0.05) is 12.1 Å². The molecule has 0 aliphatic heterocycles. The summed E-state index contributed by atoms with van der Waals surface area (Å²) in [6, 6.07) is 15.3. The second-order valence-electron chi connectivity index (χ2n) is 5.76. The fourth-order valence-electron chi connectivity index (χ4n) is 2.46. The van der Waals surface area contributed by atoms with Crippen LogP contribution in [-0.2, 0) is 12.3 Å². The number of amides is 1. The molecule has 138 valence electrons. The number of rotatable bonds is 8. The zero-order chi connectivity index (χ0) is 18.9. The summed E-state index contributed by atoms with van der Waals surface area (Å²) in [6.07, 6.45) is 5.31. The van der Waals surface area contributed by atoms with Gasteiger partial charge in [0.15, 0.2) is 0 Å². The van der Waals surface area contributed by atoms with Crippen LogP contribution in [0.2, 0.25) is 0 Å². The van der Waals surface area contributed by atoms with Crippen LogP contribution < -0.4 is 10.1 Å². The van der Waals surface area contributed by atoms with Gasteiger partial charge in [-0.3, -0.25) is 9.78 Å². The summed E-state index contributed by atoms with van der Waals surface area (Å²) in [5, 5.41) is 2.92. The lowest BCUT2D eigenvalue weighted by Gasteiger charge is -2.10. The molecule has 2 heterocycles. The summed E-state index contributed by atoms with van der Waals surface area (Å²) in [6.45, 7) is 2.82. The maximum absolute atomic E-state index is 12.4. The molecule has 0 aliphatic rings. The minimum atomic E-state index is -0.120. The molecule has 6 heteroatoms. The first-order chi connectivity index (χ1) is 13.3. The number of benzene rings is 1. The van der Waals surface area contributed by atoms with Crippen molar-refractivity contribution in [2.24, 2.45) is 0 Å². The van der Waals surface area contributed by atoms with Crippen LogP contribution in [0.15, 0.2) is 72.0 Å². The van der Waals surface area contributed by atoms with Gasteiger partial charge in [0, 0.05) is 46.9 Å². The van der Waals surface area contributed by atoms with Crippen molar-refractivity contribution in [3.05, 3.63) is 83.8 Å². The second-order valence-corrected chi connectivity index (χ2v) is 6.81. The first-order valence-electron chi connectivity index (χ1n) is 8.73. The van der Waals surface area contributed by atoms with Gasteiger partial charge in [-0.15, -0.1) is 11.8 Å². The van der Waals surface area contributed by atoms with E-state index in [0.717, 1.165) is 16.2 Å². The lowest BCUT2D eigenvalue weighted by molar-refractivity contribution is 0.0950. The normalized spacial score (nSPS) is 10.4. The number of pyridine rings is 2. The molecule has 1 N–H and O–H groups in total. The van der Waals surface area contributed by atoms with Gasteiger partial charge in [0.25, 0.3) is 5.91 Å². The van der Waals surface area contributed by atoms with E-state index in [1.54, 1.807) is 24.2 Å². The quantitative estimate of drug-likeness (QED) is 0.597. The molecular formula is C21H21N3O2S. The molecule has 3 aromatic rings. The van der Waals surface area contributed by atoms with Crippen molar-refractivity contribution in [2.75, 3.05) is 6.61 Å². The van der Waals surface area contributed by atoms with Crippen LogP contribution in [0.3, 0.4) is 0 Å². The zero-order valence-corrected chi connectivity index (χ0v) is 15.9. The molecule has 0 fully saturated rings. The Labute approximate surface area is 163 Å². The van der Waals surface area contributed by atoms with E-state index in [1.807, 2.05) is 55.6 Å². The molecule has 0 saturated carbocycles. The van der Waals surface area contributed by atoms with Crippen molar-refractivity contribution in [1.29, 1.82) is 0 Å². The highest BCUT2D eigenvalue weighted by molar-refractivity contribution is 7.98. The number of hydrogen-bond donors (Lipinski definition) is 1. The van der Waals surface area contributed by atoms with E-state index in [4.69, 9.17) is 4.74 Å². The van der Waals surface area contributed by atoms with Crippen LogP contribution in [0, 0.1) is 0 Å². The average Bonchev–Trinajstić information content (AvgIpc) is 2.73. The standard InChI is InChI=1S/C21H21N3O2S/c1-2-26-21-18(6-4-12-23-21)14-24-20(25)17-7-9-19(10-8-17)27-15-16-5-3-11-22-13-16/h3-13H,2,14-15H2,1H3,(H,24,25). The van der Waals surface area contributed by atoms with Gasteiger partial charge in [-0.05, 0) is 48.9 Å². The Morgan fingerprint density at radius 1 is 1.11 bits per heavy atom. The highest BCUT2D eigenvalue weighted by atomic mass is 32.2. The number of carbonyl (C=O) groups is 1. The largest absolute Gasteiger partial charge is 0.478 e. The molecule has 0 unspecified atom stereocenters. The third-order valence-electron chi connectivity index (χ3n) is 3.82. The number of ether oxygens (including phenoxy) is 1. The van der Waals surface area contributed by atoms with E-state index in [-0.39, 0.29) is 5.91 Å². The fourth-order valence-corrected chi connectivity index (χ4v) is 3.29. The van der Waals surface area contributed by atoms with E-state index in [2.05, 4.69) is 21.4 Å². The number of nitrogens with zero attached hydrogens (tertiary/aromatic N) is 2. The topological polar surface area (TPSA) is 64.1 Å². The molecule has 27 heavy (non-hydrogen) atoms. The lowest BCUT2D eigenvalue weighted by Crippen LogP contribution is -2.23. The number of hydrogen-bond acceptors (Lipinski definition) is 5. The number of carbonyl (C=O) groups excluding carboxylic acids is 1. The Bertz CT molecular complexity index is 870. The monoisotopic (exact) mass is 379 g/mol. The number of aromatic nitrogens is 2. The summed E-state index contributed by atoms with van der Waals surface area (Å²) in [5.74, 6) is 1.29. The molecule has 1 amide bonds. The van der Waals surface area contributed by atoms with Gasteiger partial charge >= 0.3 is 0 Å². The van der Waals surface area contributed by atoms with Crippen molar-refractivity contribution in [1.82, 2.24) is 15.3 Å². The maximum atomic E-state index is 12.4. The molecule has 1 aromatic carbocycles. The van der Waals surface area contributed by atoms with Gasteiger partial charge in [0.1, 0.15) is 0 Å². The average molecular weight is 379 g/mol. The van der Waals surface area contributed by atoms with Crippen molar-refractivity contribution in [2.45, 2.75) is 24.1 Å². The smallest absolute Gasteiger partial charge is 0.251 e. The van der Waals surface area contributed by atoms with E-state index in [1.165, 1.54) is 5.56 Å². The molecule has 0 radical (unpaired) electrons. The highest BCUT2D eigenvalue weighted by Crippen LogP contribution is 2.22. The SMILES string of the molecule is CCOc1ncccc1CNC(=O)c1ccc(SCc2cccnc2)cc1. The van der Waals surface area contributed by atoms with E-state index in [9.17, 15) is 4.79 Å². The van der Waals surface area contributed by atoms with Crippen molar-refractivity contribution >= 4 is 17.7 Å². The third-order valence-corrected chi connectivity index (χ3v) is 4.90. The summed E-state index contributed by atoms with van der Waals surface area (Å²) in [4.78, 5) is 21.8. The summed E-state index contributed by atoms with van der Waals surface area (Å²) >= 11 is 1.72. The molecule has 5 nitrogen and oxygen atoms in total. The molecular weight excluding hydrogens is 358 g/mol. The van der Waals surface area contributed by atoms with Crippen molar-refractivity contribution in [3.8, 4) is 5.88 Å². The second kappa shape index (κ2) is 9.73. The molecule has 0 saturated heterocycles. The molecule has 0 atom stereocenters. The Morgan fingerprint density at radius 2 is 1.93 bits per heavy atom. The van der Waals surface area contributed by atoms with Crippen LogP contribution in [0.1, 0.15) is 28.4 Å². The van der Waals surface area contributed by atoms with E-state index in [0.29, 0.717) is 24.6 Å². The lowest BCUT2D eigenvalue weighted by atomic mass is 10.2.